The molecule has 0 saturated carbocycles. The molecule has 4 N–H and O–H groups in total. The number of rotatable bonds is 8. The van der Waals surface area contributed by atoms with Crippen LogP contribution in [0, 0.1) is 0 Å². The number of carbonyl (C=O) groups is 1. The van der Waals surface area contributed by atoms with E-state index >= 15 is 0 Å². The molecular formula is C14H24ClN3O3S. The van der Waals surface area contributed by atoms with Gasteiger partial charge in [0.2, 0.25) is 15.9 Å². The molecule has 6 nitrogen and oxygen atoms in total. The first kappa shape index (κ1) is 20.9. The largest absolute Gasteiger partial charge is 0.354 e. The molecule has 8 heteroatoms. The van der Waals surface area contributed by atoms with Gasteiger partial charge in [0, 0.05) is 13.1 Å². The summed E-state index contributed by atoms with van der Waals surface area (Å²) in [6.45, 7) is 3.88. The fraction of sp³-hybridized carbons (Fsp3) is 0.500. The molecule has 0 heterocycles. The summed E-state index contributed by atoms with van der Waals surface area (Å²) >= 11 is 0. The van der Waals surface area contributed by atoms with Crippen LogP contribution in [0.5, 0.6) is 0 Å². The maximum atomic E-state index is 12.1. The van der Waals surface area contributed by atoms with Gasteiger partial charge in [-0.15, -0.1) is 12.4 Å². The maximum Gasteiger partial charge on any atom is 0.244 e. The monoisotopic (exact) mass is 349 g/mol. The lowest BCUT2D eigenvalue weighted by Crippen LogP contribution is -2.49. The van der Waals surface area contributed by atoms with Crippen LogP contribution in [0.25, 0.3) is 0 Å². The molecule has 0 radical (unpaired) electrons. The van der Waals surface area contributed by atoms with Gasteiger partial charge in [-0.25, -0.2) is 13.1 Å². The second-order valence-corrected chi connectivity index (χ2v) is 7.07. The van der Waals surface area contributed by atoms with Crippen molar-refractivity contribution in [3.8, 4) is 0 Å². The first-order chi connectivity index (χ1) is 9.79. The normalized spacial score (nSPS) is 13.8. The molecule has 0 aliphatic rings. The highest BCUT2D eigenvalue weighted by molar-refractivity contribution is 7.89. The number of hydrogen-bond donors (Lipinski definition) is 3. The van der Waals surface area contributed by atoms with Gasteiger partial charge in [-0.3, -0.25) is 4.79 Å². The summed E-state index contributed by atoms with van der Waals surface area (Å²) < 4.78 is 24.9. The van der Waals surface area contributed by atoms with E-state index in [1.807, 2.05) is 18.2 Å². The number of benzene rings is 1. The van der Waals surface area contributed by atoms with Gasteiger partial charge in [-0.2, -0.15) is 0 Å². The highest BCUT2D eigenvalue weighted by atomic mass is 35.5. The Labute approximate surface area is 138 Å². The van der Waals surface area contributed by atoms with Crippen LogP contribution in [-0.4, -0.2) is 33.2 Å². The zero-order valence-electron chi connectivity index (χ0n) is 12.8. The van der Waals surface area contributed by atoms with E-state index in [9.17, 15) is 13.2 Å². The molecule has 1 amide bonds. The van der Waals surface area contributed by atoms with Crippen LogP contribution in [0.1, 0.15) is 25.8 Å². The van der Waals surface area contributed by atoms with Crippen LogP contribution in [-0.2, 0) is 20.4 Å². The van der Waals surface area contributed by atoms with Gasteiger partial charge in [0.05, 0.1) is 5.75 Å². The third-order valence-corrected chi connectivity index (χ3v) is 4.59. The van der Waals surface area contributed by atoms with Crippen LogP contribution in [0.15, 0.2) is 30.3 Å². The Kier molecular flexibility index (Phi) is 8.62. The molecule has 0 spiro atoms. The van der Waals surface area contributed by atoms with Crippen molar-refractivity contribution < 1.29 is 13.2 Å². The summed E-state index contributed by atoms with van der Waals surface area (Å²) in [7, 11) is -3.18. The standard InChI is InChI=1S/C14H23N3O3S.ClH/c1-3-21(19,20)17-11-7-10-16-13(18)14(2,15)12-8-5-4-6-9-12;/h4-6,8-9,17H,3,7,10-11,15H2,1-2H3,(H,16,18);1H. The zero-order valence-corrected chi connectivity index (χ0v) is 14.5. The first-order valence-corrected chi connectivity index (χ1v) is 8.55. The molecule has 126 valence electrons. The molecule has 1 aromatic rings. The van der Waals surface area contributed by atoms with Gasteiger partial charge in [0.25, 0.3) is 0 Å². The minimum atomic E-state index is -3.18. The second kappa shape index (κ2) is 9.09. The van der Waals surface area contributed by atoms with Crippen molar-refractivity contribution in [3.63, 3.8) is 0 Å². The fourth-order valence-electron chi connectivity index (χ4n) is 1.72. The van der Waals surface area contributed by atoms with Crippen LogP contribution in [0.3, 0.4) is 0 Å². The fourth-order valence-corrected chi connectivity index (χ4v) is 2.38. The molecule has 22 heavy (non-hydrogen) atoms. The Morgan fingerprint density at radius 2 is 1.82 bits per heavy atom. The summed E-state index contributed by atoms with van der Waals surface area (Å²) in [6.07, 6.45) is 0.510. The Balaban J connectivity index is 0.00000441. The van der Waals surface area contributed by atoms with E-state index in [4.69, 9.17) is 5.73 Å². The van der Waals surface area contributed by atoms with E-state index in [0.717, 1.165) is 5.56 Å². The Morgan fingerprint density at radius 1 is 1.23 bits per heavy atom. The van der Waals surface area contributed by atoms with Crippen molar-refractivity contribution in [2.75, 3.05) is 18.8 Å². The molecule has 0 saturated heterocycles. The zero-order chi connectivity index (χ0) is 15.9. The topological polar surface area (TPSA) is 101 Å². The Hall–Kier alpha value is -1.15. The van der Waals surface area contributed by atoms with E-state index in [-0.39, 0.29) is 24.1 Å². The van der Waals surface area contributed by atoms with E-state index in [1.165, 1.54) is 0 Å². The van der Waals surface area contributed by atoms with Crippen molar-refractivity contribution in [1.29, 1.82) is 0 Å². The molecule has 0 fully saturated rings. The van der Waals surface area contributed by atoms with Crippen molar-refractivity contribution in [2.45, 2.75) is 25.8 Å². The number of hydrogen-bond acceptors (Lipinski definition) is 4. The number of amides is 1. The SMILES string of the molecule is CCS(=O)(=O)NCCCNC(=O)C(C)(N)c1ccccc1.Cl. The lowest BCUT2D eigenvalue weighted by atomic mass is 9.92. The minimum Gasteiger partial charge on any atom is -0.354 e. The summed E-state index contributed by atoms with van der Waals surface area (Å²) in [6, 6.07) is 9.11. The first-order valence-electron chi connectivity index (χ1n) is 6.89. The number of halogens is 1. The highest BCUT2D eigenvalue weighted by Gasteiger charge is 2.29. The predicted octanol–water partition coefficient (Wildman–Crippen LogP) is 0.728. The minimum absolute atomic E-state index is 0. The lowest BCUT2D eigenvalue weighted by Gasteiger charge is -2.24. The van der Waals surface area contributed by atoms with Crippen LogP contribution >= 0.6 is 12.4 Å². The van der Waals surface area contributed by atoms with E-state index < -0.39 is 15.6 Å². The van der Waals surface area contributed by atoms with Gasteiger partial charge in [-0.1, -0.05) is 30.3 Å². The van der Waals surface area contributed by atoms with Crippen molar-refractivity contribution in [1.82, 2.24) is 10.0 Å². The number of nitrogens with two attached hydrogens (primary N) is 1. The van der Waals surface area contributed by atoms with E-state index in [1.54, 1.807) is 26.0 Å². The van der Waals surface area contributed by atoms with Crippen LogP contribution in [0.2, 0.25) is 0 Å². The molecule has 1 unspecified atom stereocenters. The number of carbonyl (C=O) groups excluding carboxylic acids is 1. The van der Waals surface area contributed by atoms with Crippen molar-refractivity contribution in [3.05, 3.63) is 35.9 Å². The Morgan fingerprint density at radius 3 is 2.36 bits per heavy atom. The smallest absolute Gasteiger partial charge is 0.244 e. The van der Waals surface area contributed by atoms with Gasteiger partial charge in [0.15, 0.2) is 0 Å². The van der Waals surface area contributed by atoms with Gasteiger partial charge in [-0.05, 0) is 25.8 Å². The average molecular weight is 350 g/mol. The average Bonchev–Trinajstić information content (AvgIpc) is 2.47. The Bertz CT molecular complexity index is 562. The molecule has 1 rings (SSSR count). The molecule has 1 atom stereocenters. The number of sulfonamides is 1. The van der Waals surface area contributed by atoms with E-state index in [0.29, 0.717) is 19.5 Å². The highest BCUT2D eigenvalue weighted by Crippen LogP contribution is 2.17. The summed E-state index contributed by atoms with van der Waals surface area (Å²) in [5.74, 6) is -0.235. The van der Waals surface area contributed by atoms with Gasteiger partial charge < -0.3 is 11.1 Å². The van der Waals surface area contributed by atoms with Gasteiger partial charge >= 0.3 is 0 Å². The third kappa shape index (κ3) is 6.31. The predicted molar refractivity (Wildman–Crippen MR) is 90.3 cm³/mol. The molecule has 0 aliphatic carbocycles. The quantitative estimate of drug-likeness (QED) is 0.602. The maximum absolute atomic E-state index is 12.1. The molecule has 1 aromatic carbocycles. The lowest BCUT2D eigenvalue weighted by molar-refractivity contribution is -0.126. The van der Waals surface area contributed by atoms with Crippen molar-refractivity contribution >= 4 is 28.3 Å². The molecule has 0 bridgehead atoms. The van der Waals surface area contributed by atoms with Gasteiger partial charge in [0.1, 0.15) is 5.54 Å². The second-order valence-electron chi connectivity index (χ2n) is 4.98. The summed E-state index contributed by atoms with van der Waals surface area (Å²) in [4.78, 5) is 12.1. The third-order valence-electron chi connectivity index (χ3n) is 3.19. The summed E-state index contributed by atoms with van der Waals surface area (Å²) in [5, 5.41) is 2.73. The number of nitrogens with one attached hydrogen (secondary N) is 2. The van der Waals surface area contributed by atoms with E-state index in [2.05, 4.69) is 10.0 Å². The molecule has 0 aliphatic heterocycles. The van der Waals surface area contributed by atoms with Crippen molar-refractivity contribution in [2.24, 2.45) is 5.73 Å². The van der Waals surface area contributed by atoms with Crippen LogP contribution < -0.4 is 15.8 Å². The molecule has 0 aromatic heterocycles. The summed E-state index contributed by atoms with van der Waals surface area (Å²) in [5.41, 5.74) is 5.69. The molecular weight excluding hydrogens is 326 g/mol. The van der Waals surface area contributed by atoms with Crippen LogP contribution in [0.4, 0.5) is 0 Å².